The normalized spacial score (nSPS) is 16.4. The first-order chi connectivity index (χ1) is 17.0. The summed E-state index contributed by atoms with van der Waals surface area (Å²) in [5.41, 5.74) is 0.446. The van der Waals surface area contributed by atoms with Crippen molar-refractivity contribution in [3.63, 3.8) is 0 Å². The number of hydrogen-bond donors (Lipinski definition) is 2. The number of amides is 3. The van der Waals surface area contributed by atoms with Crippen LogP contribution in [-0.4, -0.2) is 40.5 Å². The first kappa shape index (κ1) is 28.8. The van der Waals surface area contributed by atoms with Crippen molar-refractivity contribution >= 4 is 17.9 Å². The second-order valence-corrected chi connectivity index (χ2v) is 10.4. The Bertz CT molecular complexity index is 991. The molecule has 1 aromatic carbocycles. The summed E-state index contributed by atoms with van der Waals surface area (Å²) in [7, 11) is 0. The van der Waals surface area contributed by atoms with Gasteiger partial charge in [-0.15, -0.1) is 6.42 Å². The first-order valence-corrected chi connectivity index (χ1v) is 12.7. The number of alkyl carbamates (subject to hydrolysis) is 1. The summed E-state index contributed by atoms with van der Waals surface area (Å²) in [6, 6.07) is 7.22. The monoisotopic (exact) mass is 493 g/mol. The van der Waals surface area contributed by atoms with Gasteiger partial charge in [0.1, 0.15) is 17.7 Å². The molecule has 36 heavy (non-hydrogen) atoms. The quantitative estimate of drug-likeness (QED) is 0.412. The third-order valence-electron chi connectivity index (χ3n) is 6.38. The molecule has 7 nitrogen and oxygen atoms in total. The van der Waals surface area contributed by atoms with Gasteiger partial charge in [0.15, 0.2) is 0 Å². The lowest BCUT2D eigenvalue weighted by atomic mass is 9.94. The molecule has 1 aliphatic rings. The molecule has 1 aromatic rings. The first-order valence-electron chi connectivity index (χ1n) is 12.7. The molecule has 3 unspecified atom stereocenters. The van der Waals surface area contributed by atoms with E-state index in [1.165, 1.54) is 0 Å². The Morgan fingerprint density at radius 1 is 1.11 bits per heavy atom. The number of carbonyl (C=O) groups excluding carboxylic acids is 3. The fourth-order valence-corrected chi connectivity index (χ4v) is 4.24. The Morgan fingerprint density at radius 3 is 2.22 bits per heavy atom. The van der Waals surface area contributed by atoms with Crippen molar-refractivity contribution in [3.8, 4) is 24.8 Å². The molecular weight excluding hydrogens is 454 g/mol. The van der Waals surface area contributed by atoms with Crippen LogP contribution in [0.1, 0.15) is 90.3 Å². The number of nitrogens with one attached hydrogen (secondary N) is 2. The van der Waals surface area contributed by atoms with Crippen LogP contribution in [-0.2, 0) is 14.3 Å². The Hall–Kier alpha value is -3.45. The Labute approximate surface area is 215 Å². The lowest BCUT2D eigenvalue weighted by molar-refractivity contribution is -0.139. The van der Waals surface area contributed by atoms with E-state index < -0.39 is 29.7 Å². The molecular formula is C29H39N3O4. The van der Waals surface area contributed by atoms with Crippen molar-refractivity contribution in [1.29, 1.82) is 0 Å². The molecule has 0 radical (unpaired) electrons. The molecule has 7 heteroatoms. The number of ether oxygens (including phenoxy) is 1. The number of carbonyl (C=O) groups is 3. The summed E-state index contributed by atoms with van der Waals surface area (Å²) in [6.07, 6.45) is 16.2. The lowest BCUT2D eigenvalue weighted by Crippen LogP contribution is -2.54. The fourth-order valence-electron chi connectivity index (χ4n) is 4.24. The van der Waals surface area contributed by atoms with Crippen molar-refractivity contribution in [1.82, 2.24) is 15.5 Å². The zero-order valence-corrected chi connectivity index (χ0v) is 22.1. The van der Waals surface area contributed by atoms with E-state index in [1.54, 1.807) is 45.0 Å². The van der Waals surface area contributed by atoms with Crippen LogP contribution in [0.3, 0.4) is 0 Å². The lowest BCUT2D eigenvalue weighted by Gasteiger charge is -2.33. The highest BCUT2D eigenvalue weighted by Gasteiger charge is 2.38. The van der Waals surface area contributed by atoms with Gasteiger partial charge < -0.3 is 15.4 Å². The maximum Gasteiger partial charge on any atom is 0.408 e. The van der Waals surface area contributed by atoms with Gasteiger partial charge in [0.05, 0.1) is 0 Å². The van der Waals surface area contributed by atoms with Crippen LogP contribution >= 0.6 is 0 Å². The van der Waals surface area contributed by atoms with Gasteiger partial charge in [-0.1, -0.05) is 64.0 Å². The van der Waals surface area contributed by atoms with Crippen molar-refractivity contribution in [2.75, 3.05) is 0 Å². The van der Waals surface area contributed by atoms with Crippen molar-refractivity contribution in [2.45, 2.75) is 96.9 Å². The molecule has 1 saturated carbocycles. The Balaban J connectivity index is 2.41. The highest BCUT2D eigenvalue weighted by atomic mass is 16.6. The van der Waals surface area contributed by atoms with Gasteiger partial charge in [-0.05, 0) is 57.2 Å². The molecule has 194 valence electrons. The molecule has 3 atom stereocenters. The molecule has 1 aliphatic carbocycles. The third kappa shape index (κ3) is 8.05. The molecule has 2 N–H and O–H groups in total. The van der Waals surface area contributed by atoms with Gasteiger partial charge in [0.2, 0.25) is 5.91 Å². The van der Waals surface area contributed by atoms with Crippen LogP contribution < -0.4 is 10.6 Å². The van der Waals surface area contributed by atoms with E-state index >= 15 is 0 Å². The van der Waals surface area contributed by atoms with E-state index in [2.05, 4.69) is 22.6 Å². The van der Waals surface area contributed by atoms with E-state index in [0.29, 0.717) is 17.5 Å². The SMILES string of the molecule is C#Cc1ccc(C(C(=O)NC2CCCCC2)N(C#C)C(=O)C(NC(=O)OC(C)(C)C)C(C)CC)cc1. The van der Waals surface area contributed by atoms with Crippen LogP contribution in [0.2, 0.25) is 0 Å². The minimum atomic E-state index is -1.08. The summed E-state index contributed by atoms with van der Waals surface area (Å²) < 4.78 is 5.37. The van der Waals surface area contributed by atoms with Crippen LogP contribution in [0.4, 0.5) is 4.79 Å². The van der Waals surface area contributed by atoms with Gasteiger partial charge in [-0.2, -0.15) is 0 Å². The van der Waals surface area contributed by atoms with Crippen molar-refractivity contribution < 1.29 is 19.1 Å². The zero-order valence-electron chi connectivity index (χ0n) is 22.1. The summed E-state index contributed by atoms with van der Waals surface area (Å²) in [4.78, 5) is 41.0. The van der Waals surface area contributed by atoms with Crippen LogP contribution in [0.15, 0.2) is 24.3 Å². The second-order valence-electron chi connectivity index (χ2n) is 10.4. The Kier molecular flexibility index (Phi) is 10.4. The van der Waals surface area contributed by atoms with Gasteiger partial charge in [0, 0.05) is 17.6 Å². The number of rotatable bonds is 8. The number of benzene rings is 1. The molecule has 0 spiro atoms. The van der Waals surface area contributed by atoms with E-state index in [1.807, 2.05) is 13.8 Å². The van der Waals surface area contributed by atoms with Crippen molar-refractivity contribution in [3.05, 3.63) is 35.4 Å². The molecule has 0 saturated heterocycles. The number of terminal acetylenes is 2. The maximum absolute atomic E-state index is 13.8. The second kappa shape index (κ2) is 13.0. The van der Waals surface area contributed by atoms with E-state index in [4.69, 9.17) is 17.6 Å². The fraction of sp³-hybridized carbons (Fsp3) is 0.552. The molecule has 1 fully saturated rings. The van der Waals surface area contributed by atoms with Crippen molar-refractivity contribution in [2.24, 2.45) is 5.92 Å². The predicted molar refractivity (Wildman–Crippen MR) is 140 cm³/mol. The summed E-state index contributed by atoms with van der Waals surface area (Å²) in [6.45, 7) is 8.98. The van der Waals surface area contributed by atoms with Crippen LogP contribution in [0.25, 0.3) is 0 Å². The average molecular weight is 494 g/mol. The number of hydrogen-bond acceptors (Lipinski definition) is 4. The van der Waals surface area contributed by atoms with E-state index in [9.17, 15) is 14.4 Å². The van der Waals surface area contributed by atoms with Gasteiger partial charge in [0.25, 0.3) is 5.91 Å². The summed E-state index contributed by atoms with van der Waals surface area (Å²) >= 11 is 0. The zero-order chi connectivity index (χ0) is 26.9. The molecule has 0 aromatic heterocycles. The van der Waals surface area contributed by atoms with Gasteiger partial charge >= 0.3 is 6.09 Å². The summed E-state index contributed by atoms with van der Waals surface area (Å²) in [5, 5.41) is 5.77. The number of nitrogens with zero attached hydrogens (tertiary/aromatic N) is 1. The molecule has 0 heterocycles. The molecule has 3 amide bonds. The van der Waals surface area contributed by atoms with E-state index in [-0.39, 0.29) is 17.9 Å². The van der Waals surface area contributed by atoms with Gasteiger partial charge in [-0.25, -0.2) is 4.79 Å². The highest BCUT2D eigenvalue weighted by molar-refractivity contribution is 5.93. The molecule has 0 bridgehead atoms. The standard InChI is InChI=1S/C29H39N3O4/c1-8-20(4)24(31-28(35)36-29(5,6)7)27(34)32(10-3)25(22-18-16-21(9-2)17-19-22)26(33)30-23-14-12-11-13-15-23/h2-3,16-20,23-25H,8,11-15H2,1,4-7H3,(H,30,33)(H,31,35). The third-order valence-corrected chi connectivity index (χ3v) is 6.38. The minimum absolute atomic E-state index is 0.0266. The topological polar surface area (TPSA) is 87.7 Å². The Morgan fingerprint density at radius 2 is 1.72 bits per heavy atom. The largest absolute Gasteiger partial charge is 0.444 e. The van der Waals surface area contributed by atoms with Crippen LogP contribution in [0, 0.1) is 30.7 Å². The van der Waals surface area contributed by atoms with Crippen LogP contribution in [0.5, 0.6) is 0 Å². The molecule has 0 aliphatic heterocycles. The van der Waals surface area contributed by atoms with E-state index in [0.717, 1.165) is 37.0 Å². The average Bonchev–Trinajstić information content (AvgIpc) is 2.84. The minimum Gasteiger partial charge on any atom is -0.444 e. The molecule has 2 rings (SSSR count). The predicted octanol–water partition coefficient (Wildman–Crippen LogP) is 4.52. The maximum atomic E-state index is 13.8. The highest BCUT2D eigenvalue weighted by Crippen LogP contribution is 2.26. The van der Waals surface area contributed by atoms with Gasteiger partial charge in [-0.3, -0.25) is 14.5 Å². The smallest absolute Gasteiger partial charge is 0.408 e. The summed E-state index contributed by atoms with van der Waals surface area (Å²) in [5.74, 6) is 1.38.